The van der Waals surface area contributed by atoms with E-state index in [0.29, 0.717) is 29.2 Å². The molecule has 3 N–H and O–H groups in total. The Morgan fingerprint density at radius 2 is 1.83 bits per heavy atom. The van der Waals surface area contributed by atoms with Crippen molar-refractivity contribution in [1.29, 1.82) is 0 Å². The van der Waals surface area contributed by atoms with E-state index in [1.54, 1.807) is 6.07 Å². The third-order valence-electron chi connectivity index (χ3n) is 3.69. The minimum atomic E-state index is -0.0379. The van der Waals surface area contributed by atoms with Gasteiger partial charge in [-0.25, -0.2) is 0 Å². The predicted molar refractivity (Wildman–Crippen MR) is 88.0 cm³/mol. The summed E-state index contributed by atoms with van der Waals surface area (Å²) in [6, 6.07) is 12.5. The number of phenolic OH excluding ortho intramolecular Hbond substituents is 2. The fourth-order valence-corrected chi connectivity index (χ4v) is 2.43. The molecule has 0 bridgehead atoms. The van der Waals surface area contributed by atoms with Crippen LogP contribution >= 0.6 is 0 Å². The topological polar surface area (TPSA) is 78.4 Å². The second-order valence-corrected chi connectivity index (χ2v) is 5.29. The Hall–Kier alpha value is -2.95. The molecule has 3 rings (SSSR count). The summed E-state index contributed by atoms with van der Waals surface area (Å²) in [6.45, 7) is 3.79. The summed E-state index contributed by atoms with van der Waals surface area (Å²) >= 11 is 0. The fourth-order valence-electron chi connectivity index (χ4n) is 2.43. The molecular formula is C18H18N2O3. The number of aryl methyl sites for hydroxylation is 2. The zero-order valence-corrected chi connectivity index (χ0v) is 13.0. The number of aromatic nitrogens is 2. The molecule has 0 radical (unpaired) electrons. The summed E-state index contributed by atoms with van der Waals surface area (Å²) < 4.78 is 5.93. The van der Waals surface area contributed by atoms with E-state index in [-0.39, 0.29) is 11.5 Å². The number of phenols is 2. The van der Waals surface area contributed by atoms with Crippen LogP contribution in [0.1, 0.15) is 18.2 Å². The molecule has 23 heavy (non-hydrogen) atoms. The first-order valence-electron chi connectivity index (χ1n) is 7.43. The summed E-state index contributed by atoms with van der Waals surface area (Å²) in [7, 11) is 0. The lowest BCUT2D eigenvalue weighted by Crippen LogP contribution is -1.90. The second-order valence-electron chi connectivity index (χ2n) is 5.29. The van der Waals surface area contributed by atoms with Crippen molar-refractivity contribution < 1.29 is 14.9 Å². The van der Waals surface area contributed by atoms with E-state index in [1.165, 1.54) is 6.07 Å². The van der Waals surface area contributed by atoms with Gasteiger partial charge in [-0.1, -0.05) is 25.1 Å². The summed E-state index contributed by atoms with van der Waals surface area (Å²) in [5.41, 5.74) is 2.53. The number of para-hydroxylation sites is 1. The highest BCUT2D eigenvalue weighted by Crippen LogP contribution is 2.40. The standard InChI is InChI=1S/C18H18N2O3/c1-3-12-9-14(16(22)10-15(12)21)17-18(11(2)19-20-17)23-13-7-5-4-6-8-13/h4-10,21-22H,3H2,1-2H3,(H,19,20). The molecule has 0 amide bonds. The molecule has 0 fully saturated rings. The lowest BCUT2D eigenvalue weighted by atomic mass is 10.0. The van der Waals surface area contributed by atoms with Crippen molar-refractivity contribution in [2.24, 2.45) is 0 Å². The van der Waals surface area contributed by atoms with E-state index in [4.69, 9.17) is 4.74 Å². The maximum absolute atomic E-state index is 10.2. The smallest absolute Gasteiger partial charge is 0.176 e. The third-order valence-corrected chi connectivity index (χ3v) is 3.69. The molecule has 2 aromatic carbocycles. The van der Waals surface area contributed by atoms with Crippen LogP contribution in [0.3, 0.4) is 0 Å². The maximum atomic E-state index is 10.2. The zero-order chi connectivity index (χ0) is 16.4. The molecule has 0 saturated heterocycles. The SMILES string of the molecule is CCc1cc(-c2n[nH]c(C)c2Oc2ccccc2)c(O)cc1O. The Kier molecular flexibility index (Phi) is 3.93. The number of H-pyrrole nitrogens is 1. The number of benzene rings is 2. The molecule has 0 saturated carbocycles. The monoisotopic (exact) mass is 310 g/mol. The van der Waals surface area contributed by atoms with Crippen molar-refractivity contribution in [1.82, 2.24) is 10.2 Å². The van der Waals surface area contributed by atoms with Gasteiger partial charge in [0.1, 0.15) is 22.9 Å². The summed E-state index contributed by atoms with van der Waals surface area (Å²) in [4.78, 5) is 0. The quantitative estimate of drug-likeness (QED) is 0.676. The van der Waals surface area contributed by atoms with Gasteiger partial charge in [-0.2, -0.15) is 5.10 Å². The van der Waals surface area contributed by atoms with E-state index >= 15 is 0 Å². The molecule has 0 aliphatic carbocycles. The number of ether oxygens (including phenoxy) is 1. The van der Waals surface area contributed by atoms with Crippen LogP contribution in [0, 0.1) is 6.92 Å². The Bertz CT molecular complexity index is 826. The molecule has 0 unspecified atom stereocenters. The highest BCUT2D eigenvalue weighted by molar-refractivity contribution is 5.75. The summed E-state index contributed by atoms with van der Waals surface area (Å²) in [5, 5.41) is 27.2. The summed E-state index contributed by atoms with van der Waals surface area (Å²) in [6.07, 6.45) is 0.650. The van der Waals surface area contributed by atoms with Crippen LogP contribution in [0.4, 0.5) is 0 Å². The molecule has 0 aliphatic rings. The van der Waals surface area contributed by atoms with E-state index in [2.05, 4.69) is 10.2 Å². The van der Waals surface area contributed by atoms with Gasteiger partial charge in [0.2, 0.25) is 0 Å². The van der Waals surface area contributed by atoms with Crippen molar-refractivity contribution in [2.75, 3.05) is 0 Å². The highest BCUT2D eigenvalue weighted by Gasteiger charge is 2.19. The molecule has 0 aliphatic heterocycles. The van der Waals surface area contributed by atoms with Crippen molar-refractivity contribution >= 4 is 0 Å². The van der Waals surface area contributed by atoms with Crippen LogP contribution in [0.2, 0.25) is 0 Å². The number of hydrogen-bond donors (Lipinski definition) is 3. The van der Waals surface area contributed by atoms with Crippen molar-refractivity contribution in [2.45, 2.75) is 20.3 Å². The third kappa shape index (κ3) is 2.85. The number of nitrogens with one attached hydrogen (secondary N) is 1. The Morgan fingerprint density at radius 1 is 1.09 bits per heavy atom. The first-order valence-corrected chi connectivity index (χ1v) is 7.43. The van der Waals surface area contributed by atoms with Gasteiger partial charge < -0.3 is 14.9 Å². The van der Waals surface area contributed by atoms with Gasteiger partial charge >= 0.3 is 0 Å². The number of nitrogens with zero attached hydrogens (tertiary/aromatic N) is 1. The molecular weight excluding hydrogens is 292 g/mol. The molecule has 0 spiro atoms. The van der Waals surface area contributed by atoms with E-state index in [9.17, 15) is 10.2 Å². The molecule has 5 nitrogen and oxygen atoms in total. The Labute approximate surface area is 134 Å². The van der Waals surface area contributed by atoms with Gasteiger partial charge in [-0.05, 0) is 37.1 Å². The average molecular weight is 310 g/mol. The van der Waals surface area contributed by atoms with Gasteiger partial charge in [0.15, 0.2) is 5.75 Å². The van der Waals surface area contributed by atoms with Gasteiger partial charge in [-0.3, -0.25) is 5.10 Å². The molecule has 1 aromatic heterocycles. The van der Waals surface area contributed by atoms with Crippen LogP contribution in [0.15, 0.2) is 42.5 Å². The zero-order valence-electron chi connectivity index (χ0n) is 13.0. The van der Waals surface area contributed by atoms with Gasteiger partial charge in [-0.15, -0.1) is 0 Å². The number of aromatic hydroxyl groups is 2. The van der Waals surface area contributed by atoms with Gasteiger partial charge in [0.05, 0.1) is 5.69 Å². The first-order chi connectivity index (χ1) is 11.1. The lowest BCUT2D eigenvalue weighted by Gasteiger charge is -2.10. The molecule has 1 heterocycles. The van der Waals surface area contributed by atoms with Crippen LogP contribution in [-0.4, -0.2) is 20.4 Å². The van der Waals surface area contributed by atoms with Crippen LogP contribution in [-0.2, 0) is 6.42 Å². The minimum Gasteiger partial charge on any atom is -0.508 e. The van der Waals surface area contributed by atoms with E-state index < -0.39 is 0 Å². The Morgan fingerprint density at radius 3 is 2.52 bits per heavy atom. The number of hydrogen-bond acceptors (Lipinski definition) is 4. The predicted octanol–water partition coefficient (Wildman–Crippen LogP) is 4.15. The van der Waals surface area contributed by atoms with E-state index in [0.717, 1.165) is 11.3 Å². The van der Waals surface area contributed by atoms with Crippen LogP contribution < -0.4 is 4.74 Å². The van der Waals surface area contributed by atoms with Crippen LogP contribution in [0.25, 0.3) is 11.3 Å². The Balaban J connectivity index is 2.08. The van der Waals surface area contributed by atoms with Crippen LogP contribution in [0.5, 0.6) is 23.0 Å². The van der Waals surface area contributed by atoms with Gasteiger partial charge in [0.25, 0.3) is 0 Å². The van der Waals surface area contributed by atoms with Crippen molar-refractivity contribution in [3.8, 4) is 34.3 Å². The largest absolute Gasteiger partial charge is 0.508 e. The fraction of sp³-hybridized carbons (Fsp3) is 0.167. The average Bonchev–Trinajstić information content (AvgIpc) is 2.90. The number of rotatable bonds is 4. The summed E-state index contributed by atoms with van der Waals surface area (Å²) in [5.74, 6) is 1.28. The molecule has 3 aromatic rings. The maximum Gasteiger partial charge on any atom is 0.176 e. The van der Waals surface area contributed by atoms with Crippen molar-refractivity contribution in [3.05, 3.63) is 53.7 Å². The van der Waals surface area contributed by atoms with Crippen molar-refractivity contribution in [3.63, 3.8) is 0 Å². The second kappa shape index (κ2) is 6.04. The van der Waals surface area contributed by atoms with Gasteiger partial charge in [0, 0.05) is 11.6 Å². The molecule has 118 valence electrons. The first kappa shape index (κ1) is 15.0. The number of aromatic amines is 1. The molecule has 0 atom stereocenters. The molecule has 5 heteroatoms. The normalized spacial score (nSPS) is 10.7. The lowest BCUT2D eigenvalue weighted by molar-refractivity contribution is 0.446. The highest BCUT2D eigenvalue weighted by atomic mass is 16.5. The minimum absolute atomic E-state index is 0.0379. The van der Waals surface area contributed by atoms with E-state index in [1.807, 2.05) is 44.2 Å².